The number of nitrogens with zero attached hydrogens (tertiary/aromatic N) is 1. The van der Waals surface area contributed by atoms with Gasteiger partial charge in [0.1, 0.15) is 0 Å². The molecule has 0 saturated carbocycles. The molecule has 1 heterocycles. The van der Waals surface area contributed by atoms with Crippen molar-refractivity contribution in [1.29, 1.82) is 0 Å². The third-order valence-electron chi connectivity index (χ3n) is 1.49. The summed E-state index contributed by atoms with van der Waals surface area (Å²) in [5.41, 5.74) is 1.06. The lowest BCUT2D eigenvalue weighted by molar-refractivity contribution is 0.572. The molecule has 2 nitrogen and oxygen atoms in total. The molecule has 15 heavy (non-hydrogen) atoms. The average molecular weight is 205 g/mol. The summed E-state index contributed by atoms with van der Waals surface area (Å²) in [6, 6.07) is 9.89. The van der Waals surface area contributed by atoms with E-state index >= 15 is 0 Å². The lowest BCUT2D eigenvalue weighted by Gasteiger charge is -1.91. The Balaban J connectivity index is 0.000000442. The van der Waals surface area contributed by atoms with Crippen molar-refractivity contribution < 1.29 is 4.42 Å². The highest BCUT2D eigenvalue weighted by Crippen LogP contribution is 2.16. The van der Waals surface area contributed by atoms with E-state index in [2.05, 4.69) is 4.98 Å². The van der Waals surface area contributed by atoms with Gasteiger partial charge in [-0.3, -0.25) is 0 Å². The molecule has 1 aromatic carbocycles. The first kappa shape index (κ1) is 13.4. The Labute approximate surface area is 92.0 Å². The molecule has 0 atom stereocenters. The number of aromatic nitrogens is 1. The molecule has 0 bridgehead atoms. The largest absolute Gasteiger partial charge is 0.444 e. The van der Waals surface area contributed by atoms with Gasteiger partial charge in [-0.25, -0.2) is 4.98 Å². The van der Waals surface area contributed by atoms with Crippen LogP contribution < -0.4 is 0 Å². The predicted octanol–water partition coefficient (Wildman–Crippen LogP) is 4.39. The molecule has 0 unspecified atom stereocenters. The third-order valence-corrected chi connectivity index (χ3v) is 1.49. The fraction of sp³-hybridized carbons (Fsp3) is 0.308. The van der Waals surface area contributed by atoms with Gasteiger partial charge in [-0.15, -0.1) is 0 Å². The van der Waals surface area contributed by atoms with Gasteiger partial charge in [0.25, 0.3) is 0 Å². The standard InChI is InChI=1S/C9H7NO.2C2H6/c1-2-4-8(5-3-1)9-6-10-7-11-9;2*1-2/h1-7H;2*1-2H3. The molecule has 0 spiro atoms. The molecular weight excluding hydrogens is 186 g/mol. The topological polar surface area (TPSA) is 26.0 Å². The lowest BCUT2D eigenvalue weighted by Crippen LogP contribution is -1.69. The minimum atomic E-state index is 0.811. The smallest absolute Gasteiger partial charge is 0.181 e. The van der Waals surface area contributed by atoms with E-state index in [1.165, 1.54) is 6.39 Å². The van der Waals surface area contributed by atoms with Gasteiger partial charge < -0.3 is 4.42 Å². The van der Waals surface area contributed by atoms with E-state index in [0.717, 1.165) is 11.3 Å². The second kappa shape index (κ2) is 9.00. The zero-order valence-electron chi connectivity index (χ0n) is 9.90. The molecule has 0 radical (unpaired) electrons. The van der Waals surface area contributed by atoms with Crippen LogP contribution in [0, 0.1) is 0 Å². The Kier molecular flexibility index (Phi) is 8.06. The van der Waals surface area contributed by atoms with Crippen LogP contribution in [0.3, 0.4) is 0 Å². The molecule has 0 aliphatic carbocycles. The van der Waals surface area contributed by atoms with Gasteiger partial charge >= 0.3 is 0 Å². The molecule has 0 aliphatic heterocycles. The molecular formula is C13H19NO. The maximum atomic E-state index is 5.11. The van der Waals surface area contributed by atoms with Crippen molar-refractivity contribution in [2.24, 2.45) is 0 Å². The fourth-order valence-electron chi connectivity index (χ4n) is 0.961. The first-order valence-electron chi connectivity index (χ1n) is 5.41. The zero-order chi connectivity index (χ0) is 11.5. The summed E-state index contributed by atoms with van der Waals surface area (Å²) in [6.07, 6.45) is 3.14. The monoisotopic (exact) mass is 205 g/mol. The third kappa shape index (κ3) is 4.45. The summed E-state index contributed by atoms with van der Waals surface area (Å²) in [5.74, 6) is 0.811. The molecule has 2 rings (SSSR count). The number of oxazole rings is 1. The fourth-order valence-corrected chi connectivity index (χ4v) is 0.961. The summed E-state index contributed by atoms with van der Waals surface area (Å²) >= 11 is 0. The first-order chi connectivity index (χ1) is 7.47. The maximum Gasteiger partial charge on any atom is 0.181 e. The van der Waals surface area contributed by atoms with E-state index in [4.69, 9.17) is 4.42 Å². The van der Waals surface area contributed by atoms with Crippen molar-refractivity contribution in [3.63, 3.8) is 0 Å². The summed E-state index contributed by atoms with van der Waals surface area (Å²) in [6.45, 7) is 8.00. The molecule has 0 N–H and O–H groups in total. The molecule has 0 aliphatic rings. The van der Waals surface area contributed by atoms with Gasteiger partial charge in [-0.05, 0) is 0 Å². The van der Waals surface area contributed by atoms with Gasteiger partial charge in [0, 0.05) is 5.56 Å². The van der Waals surface area contributed by atoms with Gasteiger partial charge in [0.2, 0.25) is 0 Å². The van der Waals surface area contributed by atoms with Crippen molar-refractivity contribution >= 4 is 0 Å². The SMILES string of the molecule is CC.CC.c1ccc(-c2cnco2)cc1. The van der Waals surface area contributed by atoms with E-state index in [-0.39, 0.29) is 0 Å². The Morgan fingerprint density at radius 3 is 2.00 bits per heavy atom. The summed E-state index contributed by atoms with van der Waals surface area (Å²) in [4.78, 5) is 3.83. The highest BCUT2D eigenvalue weighted by Gasteiger charge is 1.97. The highest BCUT2D eigenvalue weighted by molar-refractivity contribution is 5.55. The van der Waals surface area contributed by atoms with E-state index < -0.39 is 0 Å². The van der Waals surface area contributed by atoms with Gasteiger partial charge in [0.15, 0.2) is 12.2 Å². The zero-order valence-corrected chi connectivity index (χ0v) is 9.90. The quantitative estimate of drug-likeness (QED) is 0.690. The van der Waals surface area contributed by atoms with Crippen molar-refractivity contribution in [1.82, 2.24) is 4.98 Å². The first-order valence-corrected chi connectivity index (χ1v) is 5.41. The summed E-state index contributed by atoms with van der Waals surface area (Å²) < 4.78 is 5.11. The Morgan fingerprint density at radius 1 is 0.933 bits per heavy atom. The van der Waals surface area contributed by atoms with Crippen LogP contribution in [0.15, 0.2) is 47.3 Å². The summed E-state index contributed by atoms with van der Waals surface area (Å²) in [5, 5.41) is 0. The second-order valence-corrected chi connectivity index (χ2v) is 2.23. The normalized spacial score (nSPS) is 8.00. The lowest BCUT2D eigenvalue weighted by atomic mass is 10.2. The van der Waals surface area contributed by atoms with Crippen LogP contribution in [0.5, 0.6) is 0 Å². The Bertz CT molecular complexity index is 314. The van der Waals surface area contributed by atoms with Crippen molar-refractivity contribution in [3.8, 4) is 11.3 Å². The molecule has 1 aromatic heterocycles. The predicted molar refractivity (Wildman–Crippen MR) is 64.6 cm³/mol. The van der Waals surface area contributed by atoms with E-state index in [9.17, 15) is 0 Å². The molecule has 0 saturated heterocycles. The van der Waals surface area contributed by atoms with Crippen LogP contribution >= 0.6 is 0 Å². The van der Waals surface area contributed by atoms with Crippen LogP contribution in [0.2, 0.25) is 0 Å². The number of rotatable bonds is 1. The minimum Gasteiger partial charge on any atom is -0.444 e. The highest BCUT2D eigenvalue weighted by atomic mass is 16.3. The van der Waals surface area contributed by atoms with Crippen LogP contribution in [0.4, 0.5) is 0 Å². The van der Waals surface area contributed by atoms with Crippen molar-refractivity contribution in [2.75, 3.05) is 0 Å². The molecule has 82 valence electrons. The number of benzene rings is 1. The van der Waals surface area contributed by atoms with Gasteiger partial charge in [0.05, 0.1) is 6.20 Å². The average Bonchev–Trinajstić information content (AvgIpc) is 2.89. The van der Waals surface area contributed by atoms with Crippen LogP contribution in [-0.2, 0) is 0 Å². The van der Waals surface area contributed by atoms with Crippen molar-refractivity contribution in [3.05, 3.63) is 42.9 Å². The molecule has 2 aromatic rings. The maximum absolute atomic E-state index is 5.11. The number of hydrogen-bond donors (Lipinski definition) is 0. The minimum absolute atomic E-state index is 0.811. The van der Waals surface area contributed by atoms with E-state index in [1.54, 1.807) is 6.20 Å². The van der Waals surface area contributed by atoms with E-state index in [0.29, 0.717) is 0 Å². The molecule has 0 fully saturated rings. The van der Waals surface area contributed by atoms with Crippen LogP contribution in [0.25, 0.3) is 11.3 Å². The Morgan fingerprint density at radius 2 is 1.53 bits per heavy atom. The van der Waals surface area contributed by atoms with E-state index in [1.807, 2.05) is 58.0 Å². The second-order valence-electron chi connectivity index (χ2n) is 2.23. The molecule has 0 amide bonds. The molecule has 2 heteroatoms. The van der Waals surface area contributed by atoms with Crippen LogP contribution in [0.1, 0.15) is 27.7 Å². The summed E-state index contributed by atoms with van der Waals surface area (Å²) in [7, 11) is 0. The Hall–Kier alpha value is -1.57. The van der Waals surface area contributed by atoms with Gasteiger partial charge in [-0.2, -0.15) is 0 Å². The van der Waals surface area contributed by atoms with Crippen LogP contribution in [-0.4, -0.2) is 4.98 Å². The van der Waals surface area contributed by atoms with Gasteiger partial charge in [-0.1, -0.05) is 58.0 Å². The number of hydrogen-bond acceptors (Lipinski definition) is 2. The van der Waals surface area contributed by atoms with Crippen molar-refractivity contribution in [2.45, 2.75) is 27.7 Å².